The minimum Gasteiger partial charge on any atom is -0.370 e. The maximum atomic E-state index is 11.1. The number of hydrogen-bond acceptors (Lipinski definition) is 4. The van der Waals surface area contributed by atoms with Gasteiger partial charge in [0.05, 0.1) is 5.69 Å². The summed E-state index contributed by atoms with van der Waals surface area (Å²) in [5.41, 5.74) is 8.65. The predicted octanol–water partition coefficient (Wildman–Crippen LogP) is 2.50. The van der Waals surface area contributed by atoms with Gasteiger partial charge in [0, 0.05) is 48.8 Å². The van der Waals surface area contributed by atoms with E-state index in [0.29, 0.717) is 13.0 Å². The number of benzene rings is 1. The van der Waals surface area contributed by atoms with Gasteiger partial charge < -0.3 is 10.3 Å². The van der Waals surface area contributed by atoms with Crippen molar-refractivity contribution in [2.75, 3.05) is 7.05 Å². The molecule has 1 amide bonds. The molecule has 0 aliphatic carbocycles. The zero-order valence-electron chi connectivity index (χ0n) is 14.6. The van der Waals surface area contributed by atoms with Gasteiger partial charge >= 0.3 is 0 Å². The molecule has 130 valence electrons. The summed E-state index contributed by atoms with van der Waals surface area (Å²) >= 11 is 0. The lowest BCUT2D eigenvalue weighted by Crippen LogP contribution is -2.22. The van der Waals surface area contributed by atoms with Gasteiger partial charge in [0.15, 0.2) is 0 Å². The fourth-order valence-electron chi connectivity index (χ4n) is 3.04. The fraction of sp³-hybridized carbons (Fsp3) is 0.316. The summed E-state index contributed by atoms with van der Waals surface area (Å²) in [6.07, 6.45) is 5.81. The van der Waals surface area contributed by atoms with E-state index in [2.05, 4.69) is 51.7 Å². The van der Waals surface area contributed by atoms with E-state index in [1.807, 2.05) is 18.2 Å². The number of aryl methyl sites for hydroxylation is 1. The van der Waals surface area contributed by atoms with Crippen molar-refractivity contribution in [3.63, 3.8) is 0 Å². The summed E-state index contributed by atoms with van der Waals surface area (Å²) in [4.78, 5) is 21.7. The molecule has 0 aliphatic rings. The van der Waals surface area contributed by atoms with Crippen LogP contribution in [0, 0.1) is 0 Å². The van der Waals surface area contributed by atoms with E-state index in [0.717, 1.165) is 17.8 Å². The zero-order chi connectivity index (χ0) is 17.8. The highest BCUT2D eigenvalue weighted by atomic mass is 16.1. The zero-order valence-corrected chi connectivity index (χ0v) is 14.6. The van der Waals surface area contributed by atoms with Crippen molar-refractivity contribution in [2.45, 2.75) is 32.5 Å². The topological polar surface area (TPSA) is 77.0 Å². The monoisotopic (exact) mass is 337 g/mol. The van der Waals surface area contributed by atoms with Gasteiger partial charge in [-0.3, -0.25) is 9.69 Å². The van der Waals surface area contributed by atoms with Crippen LogP contribution in [0.2, 0.25) is 0 Å². The van der Waals surface area contributed by atoms with Crippen LogP contribution in [0.4, 0.5) is 0 Å². The van der Waals surface area contributed by atoms with Crippen molar-refractivity contribution in [3.05, 3.63) is 60.3 Å². The quantitative estimate of drug-likeness (QED) is 0.718. The third-order valence-corrected chi connectivity index (χ3v) is 4.58. The maximum Gasteiger partial charge on any atom is 0.219 e. The summed E-state index contributed by atoms with van der Waals surface area (Å²) in [6, 6.07) is 10.4. The molecule has 0 spiro atoms. The second kappa shape index (κ2) is 7.44. The molecule has 3 aromatic rings. The highest BCUT2D eigenvalue weighted by molar-refractivity contribution is 5.84. The van der Waals surface area contributed by atoms with Crippen molar-refractivity contribution >= 4 is 16.8 Å². The largest absolute Gasteiger partial charge is 0.370 e. The Morgan fingerprint density at radius 3 is 2.84 bits per heavy atom. The maximum absolute atomic E-state index is 11.1. The summed E-state index contributed by atoms with van der Waals surface area (Å²) < 4.78 is 2.11. The first kappa shape index (κ1) is 17.1. The van der Waals surface area contributed by atoms with E-state index in [1.54, 1.807) is 12.5 Å². The smallest absolute Gasteiger partial charge is 0.219 e. The van der Waals surface area contributed by atoms with Gasteiger partial charge in [-0.2, -0.15) is 0 Å². The molecule has 1 aromatic carbocycles. The highest BCUT2D eigenvalue weighted by Crippen LogP contribution is 2.25. The van der Waals surface area contributed by atoms with Crippen molar-refractivity contribution in [3.8, 4) is 0 Å². The lowest BCUT2D eigenvalue weighted by Gasteiger charge is -2.23. The van der Waals surface area contributed by atoms with Crippen LogP contribution >= 0.6 is 0 Å². The second-order valence-electron chi connectivity index (χ2n) is 6.31. The van der Waals surface area contributed by atoms with Crippen molar-refractivity contribution in [2.24, 2.45) is 5.73 Å². The third-order valence-electron chi connectivity index (χ3n) is 4.58. The Morgan fingerprint density at radius 2 is 2.12 bits per heavy atom. The van der Waals surface area contributed by atoms with Gasteiger partial charge in [0.1, 0.15) is 6.33 Å². The SMILES string of the molecule is C[C@@H](c1ccncn1)N(C)Cc1cn(CCC(N)=O)c2ccccc12. The summed E-state index contributed by atoms with van der Waals surface area (Å²) in [7, 11) is 2.09. The molecule has 0 radical (unpaired) electrons. The Labute approximate surface area is 147 Å². The van der Waals surface area contributed by atoms with E-state index in [-0.39, 0.29) is 11.9 Å². The van der Waals surface area contributed by atoms with Crippen LogP contribution in [-0.2, 0) is 17.9 Å². The lowest BCUT2D eigenvalue weighted by molar-refractivity contribution is -0.118. The Morgan fingerprint density at radius 1 is 1.32 bits per heavy atom. The minimum atomic E-state index is -0.283. The van der Waals surface area contributed by atoms with E-state index in [9.17, 15) is 4.79 Å². The van der Waals surface area contributed by atoms with Crippen LogP contribution in [0.15, 0.2) is 49.1 Å². The number of nitrogens with zero attached hydrogens (tertiary/aromatic N) is 4. The number of carbonyl (C=O) groups excluding carboxylic acids is 1. The molecule has 25 heavy (non-hydrogen) atoms. The minimum absolute atomic E-state index is 0.177. The van der Waals surface area contributed by atoms with Gasteiger partial charge in [-0.05, 0) is 31.7 Å². The average molecular weight is 337 g/mol. The molecule has 6 nitrogen and oxygen atoms in total. The molecule has 0 saturated heterocycles. The fourth-order valence-corrected chi connectivity index (χ4v) is 3.04. The molecule has 2 aromatic heterocycles. The number of para-hydroxylation sites is 1. The first-order chi connectivity index (χ1) is 12.1. The van der Waals surface area contributed by atoms with E-state index >= 15 is 0 Å². The Bertz CT molecular complexity index is 859. The second-order valence-corrected chi connectivity index (χ2v) is 6.31. The normalized spacial score (nSPS) is 12.6. The van der Waals surface area contributed by atoms with Crippen molar-refractivity contribution < 1.29 is 4.79 Å². The van der Waals surface area contributed by atoms with Crippen LogP contribution < -0.4 is 5.73 Å². The van der Waals surface area contributed by atoms with E-state index in [4.69, 9.17) is 5.73 Å². The Balaban J connectivity index is 1.84. The molecule has 0 aliphatic heterocycles. The molecule has 3 rings (SSSR count). The number of rotatable bonds is 7. The van der Waals surface area contributed by atoms with Crippen LogP contribution in [-0.4, -0.2) is 32.4 Å². The van der Waals surface area contributed by atoms with Crippen LogP contribution in [0.3, 0.4) is 0 Å². The molecule has 0 saturated carbocycles. The molecular weight excluding hydrogens is 314 g/mol. The van der Waals surface area contributed by atoms with Gasteiger partial charge in [-0.1, -0.05) is 18.2 Å². The molecule has 0 fully saturated rings. The van der Waals surface area contributed by atoms with Crippen molar-refractivity contribution in [1.29, 1.82) is 0 Å². The lowest BCUT2D eigenvalue weighted by atomic mass is 10.1. The number of hydrogen-bond donors (Lipinski definition) is 1. The summed E-state index contributed by atoms with van der Waals surface area (Å²) in [5, 5.41) is 1.20. The molecule has 0 bridgehead atoms. The van der Waals surface area contributed by atoms with Gasteiger partial charge in [-0.15, -0.1) is 0 Å². The highest BCUT2D eigenvalue weighted by Gasteiger charge is 2.16. The molecular formula is C19H23N5O. The molecule has 6 heteroatoms. The number of amides is 1. The molecule has 0 unspecified atom stereocenters. The number of carbonyl (C=O) groups is 1. The third kappa shape index (κ3) is 3.85. The number of nitrogens with two attached hydrogens (primary N) is 1. The number of primary amides is 1. The number of aromatic nitrogens is 3. The van der Waals surface area contributed by atoms with Crippen LogP contribution in [0.5, 0.6) is 0 Å². The average Bonchev–Trinajstić information content (AvgIpc) is 2.98. The Kier molecular flexibility index (Phi) is 5.09. The van der Waals surface area contributed by atoms with Gasteiger partial charge in [-0.25, -0.2) is 9.97 Å². The molecule has 2 N–H and O–H groups in total. The van der Waals surface area contributed by atoms with E-state index < -0.39 is 0 Å². The van der Waals surface area contributed by atoms with E-state index in [1.165, 1.54) is 10.9 Å². The summed E-state index contributed by atoms with van der Waals surface area (Å²) in [6.45, 7) is 3.52. The number of fused-ring (bicyclic) bond motifs is 1. The molecule has 1 atom stereocenters. The van der Waals surface area contributed by atoms with Gasteiger partial charge in [0.25, 0.3) is 0 Å². The van der Waals surface area contributed by atoms with Crippen LogP contribution in [0.25, 0.3) is 10.9 Å². The van der Waals surface area contributed by atoms with Gasteiger partial charge in [0.2, 0.25) is 5.91 Å². The summed E-state index contributed by atoms with van der Waals surface area (Å²) in [5.74, 6) is -0.283. The van der Waals surface area contributed by atoms with Crippen LogP contribution in [0.1, 0.15) is 30.6 Å². The Hall–Kier alpha value is -2.73. The standard InChI is InChI=1S/C19H23N5O/c1-14(17-7-9-21-13-22-17)23(2)11-15-12-24(10-8-19(20)25)18-6-4-3-5-16(15)18/h3-7,9,12-14H,8,10-11H2,1-2H3,(H2,20,25)/t14-/m0/s1. The first-order valence-corrected chi connectivity index (χ1v) is 8.37. The molecule has 2 heterocycles. The predicted molar refractivity (Wildman–Crippen MR) is 97.7 cm³/mol. The first-order valence-electron chi connectivity index (χ1n) is 8.37. The van der Waals surface area contributed by atoms with Crippen molar-refractivity contribution in [1.82, 2.24) is 19.4 Å².